The summed E-state index contributed by atoms with van der Waals surface area (Å²) in [5, 5.41) is 3.41. The summed E-state index contributed by atoms with van der Waals surface area (Å²) in [6.45, 7) is 0.826. The third kappa shape index (κ3) is 3.64. The van der Waals surface area contributed by atoms with Crippen LogP contribution in [-0.2, 0) is 4.74 Å². The first kappa shape index (κ1) is 16.0. The zero-order valence-corrected chi connectivity index (χ0v) is 13.6. The van der Waals surface area contributed by atoms with Crippen LogP contribution < -0.4 is 11.1 Å². The predicted octanol–water partition coefficient (Wildman–Crippen LogP) is 3.53. The van der Waals surface area contributed by atoms with Crippen molar-refractivity contribution in [3.05, 3.63) is 23.8 Å². The Labute approximate surface area is 130 Å². The van der Waals surface area contributed by atoms with Crippen LogP contribution in [0.5, 0.6) is 0 Å². The summed E-state index contributed by atoms with van der Waals surface area (Å²) in [4.78, 5) is 11.9. The molecular formula is C16H24N2O2S. The normalized spacial score (nSPS) is 17.2. The van der Waals surface area contributed by atoms with Crippen LogP contribution in [0.2, 0.25) is 0 Å². The lowest BCUT2D eigenvalue weighted by Gasteiger charge is -2.36. The Bertz CT molecular complexity index is 499. The molecule has 0 bridgehead atoms. The van der Waals surface area contributed by atoms with Gasteiger partial charge in [0.25, 0.3) is 0 Å². The van der Waals surface area contributed by atoms with E-state index in [1.54, 1.807) is 18.2 Å². The Morgan fingerprint density at radius 1 is 1.38 bits per heavy atom. The second kappa shape index (κ2) is 7.07. The quantitative estimate of drug-likeness (QED) is 0.643. The topological polar surface area (TPSA) is 64.3 Å². The lowest BCUT2D eigenvalue weighted by molar-refractivity contribution is 0.0602. The van der Waals surface area contributed by atoms with E-state index in [4.69, 9.17) is 10.5 Å². The van der Waals surface area contributed by atoms with Crippen LogP contribution in [0, 0.1) is 0 Å². The molecule has 1 saturated carbocycles. The first-order valence-electron chi connectivity index (χ1n) is 7.38. The summed E-state index contributed by atoms with van der Waals surface area (Å²) in [7, 11) is 1.39. The molecule has 1 aliphatic carbocycles. The smallest absolute Gasteiger partial charge is 0.340 e. The molecule has 21 heavy (non-hydrogen) atoms. The van der Waals surface area contributed by atoms with Crippen molar-refractivity contribution >= 4 is 29.1 Å². The summed E-state index contributed by atoms with van der Waals surface area (Å²) in [5.74, 6) is -0.355. The number of anilines is 2. The fourth-order valence-electron chi connectivity index (χ4n) is 2.95. The number of nitrogen functional groups attached to an aromatic ring is 1. The number of nitrogens with one attached hydrogen (secondary N) is 1. The number of para-hydroxylation sites is 1. The molecular weight excluding hydrogens is 284 g/mol. The zero-order chi connectivity index (χ0) is 15.3. The van der Waals surface area contributed by atoms with Crippen molar-refractivity contribution in [3.63, 3.8) is 0 Å². The van der Waals surface area contributed by atoms with Crippen LogP contribution in [0.4, 0.5) is 11.4 Å². The maximum atomic E-state index is 11.9. The summed E-state index contributed by atoms with van der Waals surface area (Å²) in [6.07, 6.45) is 8.46. The molecule has 5 heteroatoms. The second-order valence-corrected chi connectivity index (χ2v) is 6.84. The van der Waals surface area contributed by atoms with Gasteiger partial charge in [0.15, 0.2) is 0 Å². The lowest BCUT2D eigenvalue weighted by atomic mass is 9.88. The number of thioether (sulfide) groups is 1. The highest BCUT2D eigenvalue weighted by Crippen LogP contribution is 2.39. The Hall–Kier alpha value is -1.36. The van der Waals surface area contributed by atoms with Crippen LogP contribution in [-0.4, -0.2) is 30.6 Å². The molecule has 0 unspecified atom stereocenters. The van der Waals surface area contributed by atoms with E-state index in [-0.39, 0.29) is 10.7 Å². The summed E-state index contributed by atoms with van der Waals surface area (Å²) < 4.78 is 5.08. The summed E-state index contributed by atoms with van der Waals surface area (Å²) in [6, 6.07) is 5.33. The first-order valence-corrected chi connectivity index (χ1v) is 8.60. The van der Waals surface area contributed by atoms with E-state index in [1.165, 1.54) is 39.2 Å². The molecule has 0 aromatic heterocycles. The molecule has 1 fully saturated rings. The Morgan fingerprint density at radius 2 is 2.10 bits per heavy atom. The fourth-order valence-corrected chi connectivity index (χ4v) is 3.86. The van der Waals surface area contributed by atoms with Gasteiger partial charge in [-0.3, -0.25) is 0 Å². The number of hydrogen-bond acceptors (Lipinski definition) is 5. The summed E-state index contributed by atoms with van der Waals surface area (Å²) in [5.41, 5.74) is 7.83. The fraction of sp³-hybridized carbons (Fsp3) is 0.562. The van der Waals surface area contributed by atoms with E-state index in [9.17, 15) is 4.79 Å². The second-order valence-electron chi connectivity index (χ2n) is 5.56. The van der Waals surface area contributed by atoms with Gasteiger partial charge in [0, 0.05) is 11.3 Å². The predicted molar refractivity (Wildman–Crippen MR) is 90.0 cm³/mol. The SMILES string of the molecule is COC(=O)c1cccc(N)c1NCC1(SC)CCCCC1. The standard InChI is InChI=1S/C16H24N2O2S/c1-20-15(19)12-7-6-8-13(17)14(12)18-11-16(21-2)9-4-3-5-10-16/h6-8,18H,3-5,9-11,17H2,1-2H3. The largest absolute Gasteiger partial charge is 0.465 e. The molecule has 4 nitrogen and oxygen atoms in total. The van der Waals surface area contributed by atoms with E-state index < -0.39 is 0 Å². The number of carbonyl (C=O) groups excluding carboxylic acids is 1. The molecule has 3 N–H and O–H groups in total. The number of benzene rings is 1. The number of methoxy groups -OCH3 is 1. The maximum Gasteiger partial charge on any atom is 0.340 e. The summed E-state index contributed by atoms with van der Waals surface area (Å²) >= 11 is 1.92. The van der Waals surface area contributed by atoms with Gasteiger partial charge in [-0.05, 0) is 31.2 Å². The molecule has 0 radical (unpaired) electrons. The van der Waals surface area contributed by atoms with Crippen molar-refractivity contribution in [1.29, 1.82) is 0 Å². The van der Waals surface area contributed by atoms with Crippen molar-refractivity contribution in [1.82, 2.24) is 0 Å². The molecule has 0 spiro atoms. The molecule has 1 aromatic rings. The molecule has 116 valence electrons. The van der Waals surface area contributed by atoms with Gasteiger partial charge >= 0.3 is 5.97 Å². The minimum Gasteiger partial charge on any atom is -0.465 e. The molecule has 1 aliphatic rings. The van der Waals surface area contributed by atoms with Crippen LogP contribution >= 0.6 is 11.8 Å². The van der Waals surface area contributed by atoms with Crippen molar-refractivity contribution in [2.24, 2.45) is 0 Å². The van der Waals surface area contributed by atoms with Crippen molar-refractivity contribution in [2.75, 3.05) is 31.0 Å². The van der Waals surface area contributed by atoms with E-state index in [2.05, 4.69) is 11.6 Å². The highest BCUT2D eigenvalue weighted by Gasteiger charge is 2.31. The number of nitrogens with two attached hydrogens (primary N) is 1. The number of carbonyl (C=O) groups is 1. The van der Waals surface area contributed by atoms with Crippen LogP contribution in [0.3, 0.4) is 0 Å². The van der Waals surface area contributed by atoms with Crippen molar-refractivity contribution in [3.8, 4) is 0 Å². The van der Waals surface area contributed by atoms with Gasteiger partial charge < -0.3 is 15.8 Å². The van der Waals surface area contributed by atoms with E-state index in [0.717, 1.165) is 6.54 Å². The van der Waals surface area contributed by atoms with Crippen LogP contribution in [0.1, 0.15) is 42.5 Å². The molecule has 2 rings (SSSR count). The van der Waals surface area contributed by atoms with Gasteiger partial charge in [0.1, 0.15) is 0 Å². The minimum atomic E-state index is -0.355. The zero-order valence-electron chi connectivity index (χ0n) is 12.8. The van der Waals surface area contributed by atoms with Crippen LogP contribution in [0.15, 0.2) is 18.2 Å². The molecule has 0 amide bonds. The average Bonchev–Trinajstić information content (AvgIpc) is 2.53. The Balaban J connectivity index is 2.17. The van der Waals surface area contributed by atoms with Gasteiger partial charge in [-0.1, -0.05) is 25.3 Å². The molecule has 1 aromatic carbocycles. The molecule has 0 aliphatic heterocycles. The Kier molecular flexibility index (Phi) is 5.39. The van der Waals surface area contributed by atoms with Gasteiger partial charge in [-0.2, -0.15) is 11.8 Å². The maximum absolute atomic E-state index is 11.9. The van der Waals surface area contributed by atoms with Crippen LogP contribution in [0.25, 0.3) is 0 Å². The van der Waals surface area contributed by atoms with Gasteiger partial charge in [-0.15, -0.1) is 0 Å². The lowest BCUT2D eigenvalue weighted by Crippen LogP contribution is -2.36. The number of rotatable bonds is 5. The monoisotopic (exact) mass is 308 g/mol. The number of hydrogen-bond donors (Lipinski definition) is 2. The van der Waals surface area contributed by atoms with Gasteiger partial charge in [0.2, 0.25) is 0 Å². The first-order chi connectivity index (χ1) is 10.1. The molecule has 0 atom stereocenters. The highest BCUT2D eigenvalue weighted by atomic mass is 32.2. The van der Waals surface area contributed by atoms with Crippen molar-refractivity contribution < 1.29 is 9.53 Å². The molecule has 0 saturated heterocycles. The number of esters is 1. The van der Waals surface area contributed by atoms with Gasteiger partial charge in [-0.25, -0.2) is 4.79 Å². The van der Waals surface area contributed by atoms with E-state index in [0.29, 0.717) is 16.9 Å². The minimum absolute atomic E-state index is 0.244. The van der Waals surface area contributed by atoms with E-state index in [1.807, 2.05) is 11.8 Å². The van der Waals surface area contributed by atoms with Crippen molar-refractivity contribution in [2.45, 2.75) is 36.9 Å². The Morgan fingerprint density at radius 3 is 2.71 bits per heavy atom. The van der Waals surface area contributed by atoms with Gasteiger partial charge in [0.05, 0.1) is 24.0 Å². The highest BCUT2D eigenvalue weighted by molar-refractivity contribution is 8.00. The third-order valence-electron chi connectivity index (χ3n) is 4.29. The number of ether oxygens (including phenoxy) is 1. The molecule has 0 heterocycles. The van der Waals surface area contributed by atoms with E-state index >= 15 is 0 Å². The average molecular weight is 308 g/mol. The third-order valence-corrected chi connectivity index (χ3v) is 5.71.